The molecule has 0 N–H and O–H groups in total. The van der Waals surface area contributed by atoms with Gasteiger partial charge in [-0.2, -0.15) is 0 Å². The maximum atomic E-state index is 11.6. The molecule has 0 aliphatic carbocycles. The number of aryl methyl sites for hydroxylation is 1. The Labute approximate surface area is 66.2 Å². The van der Waals surface area contributed by atoms with Gasteiger partial charge in [0.25, 0.3) is 0 Å². The number of nitrogens with zero attached hydrogens (tertiary/aromatic N) is 2. The number of alkyl halides is 3. The van der Waals surface area contributed by atoms with Crippen LogP contribution in [0.25, 0.3) is 0 Å². The van der Waals surface area contributed by atoms with Crippen LogP contribution in [0.2, 0.25) is 0 Å². The SMILES string of the molecule is Cc1cncnc1OC(F)(F)F. The summed E-state index contributed by atoms with van der Waals surface area (Å²) in [6.07, 6.45) is -2.46. The Morgan fingerprint density at radius 2 is 2.08 bits per heavy atom. The fourth-order valence-corrected chi connectivity index (χ4v) is 0.604. The van der Waals surface area contributed by atoms with Crippen molar-refractivity contribution in [1.29, 1.82) is 0 Å². The van der Waals surface area contributed by atoms with Gasteiger partial charge in [-0.1, -0.05) is 0 Å². The number of hydrogen-bond acceptors (Lipinski definition) is 3. The van der Waals surface area contributed by atoms with Gasteiger partial charge in [-0.3, -0.25) is 0 Å². The molecule has 0 unspecified atom stereocenters. The molecule has 0 radical (unpaired) electrons. The maximum absolute atomic E-state index is 11.6. The molecule has 1 rings (SSSR count). The van der Waals surface area contributed by atoms with Gasteiger partial charge in [-0.25, -0.2) is 9.97 Å². The summed E-state index contributed by atoms with van der Waals surface area (Å²) in [5.41, 5.74) is 0.245. The molecule has 6 heteroatoms. The molecule has 0 aliphatic rings. The Kier molecular flexibility index (Phi) is 2.16. The van der Waals surface area contributed by atoms with Crippen molar-refractivity contribution in [3.8, 4) is 5.88 Å². The summed E-state index contributed by atoms with van der Waals surface area (Å²) in [4.78, 5) is 6.83. The van der Waals surface area contributed by atoms with Gasteiger partial charge in [-0.15, -0.1) is 13.2 Å². The predicted octanol–water partition coefficient (Wildman–Crippen LogP) is 1.68. The van der Waals surface area contributed by atoms with Crippen molar-refractivity contribution < 1.29 is 17.9 Å². The van der Waals surface area contributed by atoms with Crippen LogP contribution in [-0.4, -0.2) is 16.3 Å². The highest BCUT2D eigenvalue weighted by molar-refractivity contribution is 5.19. The average Bonchev–Trinajstić information content (AvgIpc) is 1.91. The molecule has 0 aliphatic heterocycles. The lowest BCUT2D eigenvalue weighted by atomic mass is 10.4. The minimum Gasteiger partial charge on any atom is -0.387 e. The summed E-state index contributed by atoms with van der Waals surface area (Å²) in [7, 11) is 0. The van der Waals surface area contributed by atoms with Crippen LogP contribution < -0.4 is 4.74 Å². The van der Waals surface area contributed by atoms with Crippen LogP contribution in [0.15, 0.2) is 12.5 Å². The van der Waals surface area contributed by atoms with Gasteiger partial charge in [0.2, 0.25) is 5.88 Å². The third-order valence-electron chi connectivity index (χ3n) is 1.06. The molecule has 1 aromatic rings. The van der Waals surface area contributed by atoms with Crippen molar-refractivity contribution in [2.45, 2.75) is 13.3 Å². The Morgan fingerprint density at radius 1 is 1.42 bits per heavy atom. The smallest absolute Gasteiger partial charge is 0.387 e. The second-order valence-electron chi connectivity index (χ2n) is 2.06. The van der Waals surface area contributed by atoms with Crippen LogP contribution >= 0.6 is 0 Å². The van der Waals surface area contributed by atoms with E-state index in [0.717, 1.165) is 6.33 Å². The average molecular weight is 178 g/mol. The van der Waals surface area contributed by atoms with Gasteiger partial charge in [0.1, 0.15) is 6.33 Å². The summed E-state index contributed by atoms with van der Waals surface area (Å²) in [6, 6.07) is 0. The van der Waals surface area contributed by atoms with Gasteiger partial charge in [0.05, 0.1) is 0 Å². The van der Waals surface area contributed by atoms with Crippen molar-refractivity contribution in [2.75, 3.05) is 0 Å². The lowest BCUT2D eigenvalue weighted by Gasteiger charge is -2.08. The highest BCUT2D eigenvalue weighted by atomic mass is 19.4. The molecule has 0 saturated carbocycles. The molecule has 12 heavy (non-hydrogen) atoms. The third-order valence-corrected chi connectivity index (χ3v) is 1.06. The molecule has 0 atom stereocenters. The van der Waals surface area contributed by atoms with Crippen LogP contribution in [0.4, 0.5) is 13.2 Å². The van der Waals surface area contributed by atoms with Gasteiger partial charge >= 0.3 is 6.36 Å². The molecule has 0 spiro atoms. The first-order chi connectivity index (χ1) is 5.49. The first-order valence-electron chi connectivity index (χ1n) is 3.01. The van der Waals surface area contributed by atoms with Crippen molar-refractivity contribution in [1.82, 2.24) is 9.97 Å². The van der Waals surface area contributed by atoms with Crippen molar-refractivity contribution in [3.63, 3.8) is 0 Å². The van der Waals surface area contributed by atoms with E-state index in [4.69, 9.17) is 0 Å². The maximum Gasteiger partial charge on any atom is 0.574 e. The van der Waals surface area contributed by atoms with Crippen molar-refractivity contribution >= 4 is 0 Å². The number of ether oxygens (including phenoxy) is 1. The molecule has 66 valence electrons. The molecule has 0 fully saturated rings. The molecule has 3 nitrogen and oxygen atoms in total. The molecule has 0 amide bonds. The first kappa shape index (κ1) is 8.76. The predicted molar refractivity (Wildman–Crippen MR) is 33.5 cm³/mol. The standard InChI is InChI=1S/C6H5F3N2O/c1-4-2-10-3-11-5(4)12-6(7,8)9/h2-3H,1H3. The Morgan fingerprint density at radius 3 is 2.58 bits per heavy atom. The number of halogens is 3. The van der Waals surface area contributed by atoms with E-state index in [1.807, 2.05) is 0 Å². The summed E-state index contributed by atoms with van der Waals surface area (Å²) in [6.45, 7) is 1.43. The molecule has 1 aromatic heterocycles. The van der Waals surface area contributed by atoms with Crippen molar-refractivity contribution in [3.05, 3.63) is 18.1 Å². The van der Waals surface area contributed by atoms with E-state index in [9.17, 15) is 13.2 Å². The number of rotatable bonds is 1. The van der Waals surface area contributed by atoms with E-state index in [0.29, 0.717) is 0 Å². The minimum absolute atomic E-state index is 0.245. The molecular formula is C6H5F3N2O. The highest BCUT2D eigenvalue weighted by Crippen LogP contribution is 2.22. The monoisotopic (exact) mass is 178 g/mol. The molecular weight excluding hydrogens is 173 g/mol. The lowest BCUT2D eigenvalue weighted by Crippen LogP contribution is -2.18. The second-order valence-corrected chi connectivity index (χ2v) is 2.06. The fourth-order valence-electron chi connectivity index (χ4n) is 0.604. The van der Waals surface area contributed by atoms with E-state index in [1.165, 1.54) is 13.1 Å². The largest absolute Gasteiger partial charge is 0.574 e. The van der Waals surface area contributed by atoms with Crippen LogP contribution in [0.1, 0.15) is 5.56 Å². The zero-order valence-corrected chi connectivity index (χ0v) is 6.09. The van der Waals surface area contributed by atoms with E-state index >= 15 is 0 Å². The van der Waals surface area contributed by atoms with Gasteiger partial charge in [0, 0.05) is 11.8 Å². The van der Waals surface area contributed by atoms with Crippen LogP contribution in [0.3, 0.4) is 0 Å². The quantitative estimate of drug-likeness (QED) is 0.656. The van der Waals surface area contributed by atoms with E-state index in [-0.39, 0.29) is 5.56 Å². The third kappa shape index (κ3) is 2.37. The molecule has 0 saturated heterocycles. The first-order valence-corrected chi connectivity index (χ1v) is 3.01. The van der Waals surface area contributed by atoms with Crippen LogP contribution in [0.5, 0.6) is 5.88 Å². The van der Waals surface area contributed by atoms with E-state index in [1.54, 1.807) is 0 Å². The highest BCUT2D eigenvalue weighted by Gasteiger charge is 2.32. The Balaban J connectivity index is 2.83. The lowest BCUT2D eigenvalue weighted by molar-refractivity contribution is -0.276. The Bertz CT molecular complexity index is 274. The van der Waals surface area contributed by atoms with Crippen molar-refractivity contribution in [2.24, 2.45) is 0 Å². The van der Waals surface area contributed by atoms with Gasteiger partial charge < -0.3 is 4.74 Å². The van der Waals surface area contributed by atoms with Crippen LogP contribution in [-0.2, 0) is 0 Å². The molecule has 1 heterocycles. The Hall–Kier alpha value is -1.33. The zero-order valence-electron chi connectivity index (χ0n) is 6.09. The second kappa shape index (κ2) is 2.96. The molecule has 0 aromatic carbocycles. The summed E-state index contributed by atoms with van der Waals surface area (Å²) >= 11 is 0. The summed E-state index contributed by atoms with van der Waals surface area (Å²) in [5.74, 6) is -0.461. The topological polar surface area (TPSA) is 35.0 Å². The van der Waals surface area contributed by atoms with Crippen LogP contribution in [0, 0.1) is 6.92 Å². The normalized spacial score (nSPS) is 11.3. The fraction of sp³-hybridized carbons (Fsp3) is 0.333. The number of aromatic nitrogens is 2. The number of hydrogen-bond donors (Lipinski definition) is 0. The minimum atomic E-state index is -4.70. The summed E-state index contributed by atoms with van der Waals surface area (Å²) < 4.78 is 38.5. The van der Waals surface area contributed by atoms with Gasteiger partial charge in [-0.05, 0) is 6.92 Å². The van der Waals surface area contributed by atoms with Gasteiger partial charge in [0.15, 0.2) is 0 Å². The van der Waals surface area contributed by atoms with E-state index in [2.05, 4.69) is 14.7 Å². The van der Waals surface area contributed by atoms with E-state index < -0.39 is 12.2 Å². The summed E-state index contributed by atoms with van der Waals surface area (Å²) in [5, 5.41) is 0. The molecule has 0 bridgehead atoms. The zero-order chi connectivity index (χ0) is 9.19.